The van der Waals surface area contributed by atoms with Gasteiger partial charge in [-0.25, -0.2) is 4.98 Å². The number of hydrogen-bond donors (Lipinski definition) is 2. The highest BCUT2D eigenvalue weighted by molar-refractivity contribution is 7.17. The summed E-state index contributed by atoms with van der Waals surface area (Å²) in [4.78, 5) is 23.3. The molecule has 3 aromatic rings. The minimum absolute atomic E-state index is 0.0991. The van der Waals surface area contributed by atoms with Gasteiger partial charge in [-0.15, -0.1) is 11.3 Å². The molecule has 0 saturated carbocycles. The number of aromatic amines is 1. The van der Waals surface area contributed by atoms with Crippen LogP contribution in [0.15, 0.2) is 34.4 Å². The van der Waals surface area contributed by atoms with Crippen molar-refractivity contribution in [2.24, 2.45) is 0 Å². The molecule has 0 saturated heterocycles. The molecule has 2 aromatic heterocycles. The van der Waals surface area contributed by atoms with Gasteiger partial charge in [0.25, 0.3) is 5.56 Å². The van der Waals surface area contributed by atoms with Crippen LogP contribution in [0.4, 0.5) is 0 Å². The van der Waals surface area contributed by atoms with Crippen LogP contribution in [0.2, 0.25) is 0 Å². The SMILES string of the molecule is CCCN(Cc1nc2scc(-c3ccccc3C)c2c(=O)[nH]1)CC(C)O. The Morgan fingerprint density at radius 1 is 1.31 bits per heavy atom. The summed E-state index contributed by atoms with van der Waals surface area (Å²) in [5.74, 6) is 0.648. The molecule has 0 radical (unpaired) electrons. The van der Waals surface area contributed by atoms with E-state index >= 15 is 0 Å². The van der Waals surface area contributed by atoms with Gasteiger partial charge in [0.15, 0.2) is 0 Å². The number of rotatable bonds is 7. The molecule has 1 aromatic carbocycles. The van der Waals surface area contributed by atoms with Gasteiger partial charge in [-0.3, -0.25) is 9.69 Å². The van der Waals surface area contributed by atoms with Gasteiger partial charge >= 0.3 is 0 Å². The molecule has 1 unspecified atom stereocenters. The number of aliphatic hydroxyl groups excluding tert-OH is 1. The van der Waals surface area contributed by atoms with Crippen molar-refractivity contribution in [2.75, 3.05) is 13.1 Å². The summed E-state index contributed by atoms with van der Waals surface area (Å²) in [6.45, 7) is 7.87. The lowest BCUT2D eigenvalue weighted by molar-refractivity contribution is 0.121. The number of benzene rings is 1. The van der Waals surface area contributed by atoms with E-state index in [1.165, 1.54) is 11.3 Å². The molecular weight excluding hydrogens is 346 g/mol. The monoisotopic (exact) mass is 371 g/mol. The number of nitrogens with zero attached hydrogens (tertiary/aromatic N) is 2. The third-order valence-corrected chi connectivity index (χ3v) is 5.24. The zero-order valence-corrected chi connectivity index (χ0v) is 16.3. The van der Waals surface area contributed by atoms with E-state index in [9.17, 15) is 9.90 Å². The van der Waals surface area contributed by atoms with Crippen molar-refractivity contribution in [1.82, 2.24) is 14.9 Å². The van der Waals surface area contributed by atoms with Crippen molar-refractivity contribution in [2.45, 2.75) is 39.8 Å². The molecule has 2 heterocycles. The molecule has 0 fully saturated rings. The van der Waals surface area contributed by atoms with Gasteiger partial charge in [-0.1, -0.05) is 31.2 Å². The molecule has 138 valence electrons. The van der Waals surface area contributed by atoms with Crippen LogP contribution < -0.4 is 5.56 Å². The van der Waals surface area contributed by atoms with Gasteiger partial charge in [-0.05, 0) is 37.9 Å². The summed E-state index contributed by atoms with van der Waals surface area (Å²) in [5, 5.41) is 12.3. The van der Waals surface area contributed by atoms with E-state index in [-0.39, 0.29) is 5.56 Å². The molecule has 2 N–H and O–H groups in total. The lowest BCUT2D eigenvalue weighted by Gasteiger charge is -2.22. The summed E-state index contributed by atoms with van der Waals surface area (Å²) in [5.41, 5.74) is 3.05. The first-order valence-electron chi connectivity index (χ1n) is 8.96. The number of aliphatic hydroxyl groups is 1. The maximum atomic E-state index is 12.8. The molecule has 5 nitrogen and oxygen atoms in total. The molecule has 0 aliphatic heterocycles. The van der Waals surface area contributed by atoms with Crippen LogP contribution in [0.3, 0.4) is 0 Å². The molecule has 6 heteroatoms. The van der Waals surface area contributed by atoms with Gasteiger partial charge in [0.1, 0.15) is 10.7 Å². The second-order valence-corrected chi connectivity index (χ2v) is 7.60. The Kier molecular flexibility index (Phi) is 5.86. The fourth-order valence-electron chi connectivity index (χ4n) is 3.28. The molecule has 1 atom stereocenters. The van der Waals surface area contributed by atoms with Gasteiger partial charge < -0.3 is 10.1 Å². The van der Waals surface area contributed by atoms with Crippen LogP contribution in [-0.4, -0.2) is 39.2 Å². The van der Waals surface area contributed by atoms with Crippen molar-refractivity contribution >= 4 is 21.6 Å². The first-order chi connectivity index (χ1) is 12.5. The van der Waals surface area contributed by atoms with Crippen LogP contribution in [0, 0.1) is 6.92 Å². The Labute approximate surface area is 157 Å². The normalized spacial score (nSPS) is 12.8. The van der Waals surface area contributed by atoms with E-state index in [0.717, 1.165) is 34.5 Å². The number of nitrogens with one attached hydrogen (secondary N) is 1. The van der Waals surface area contributed by atoms with Gasteiger partial charge in [0.05, 0.1) is 18.0 Å². The number of H-pyrrole nitrogens is 1. The summed E-state index contributed by atoms with van der Waals surface area (Å²) >= 11 is 1.50. The summed E-state index contributed by atoms with van der Waals surface area (Å²) in [6.07, 6.45) is 0.571. The van der Waals surface area contributed by atoms with E-state index in [0.29, 0.717) is 24.3 Å². The zero-order chi connectivity index (χ0) is 18.7. The fourth-order valence-corrected chi connectivity index (χ4v) is 4.24. The number of fused-ring (bicyclic) bond motifs is 1. The smallest absolute Gasteiger partial charge is 0.260 e. The van der Waals surface area contributed by atoms with E-state index in [1.54, 1.807) is 6.92 Å². The molecule has 26 heavy (non-hydrogen) atoms. The average molecular weight is 372 g/mol. The van der Waals surface area contributed by atoms with E-state index in [4.69, 9.17) is 0 Å². The predicted molar refractivity (Wildman–Crippen MR) is 108 cm³/mol. The molecule has 0 amide bonds. The molecular formula is C20H25N3O2S. The Bertz CT molecular complexity index is 946. The van der Waals surface area contributed by atoms with Crippen LogP contribution in [0.5, 0.6) is 0 Å². The summed E-state index contributed by atoms with van der Waals surface area (Å²) in [7, 11) is 0. The van der Waals surface area contributed by atoms with E-state index < -0.39 is 6.10 Å². The van der Waals surface area contributed by atoms with Crippen molar-refractivity contribution in [1.29, 1.82) is 0 Å². The van der Waals surface area contributed by atoms with Crippen molar-refractivity contribution in [3.05, 3.63) is 51.4 Å². The highest BCUT2D eigenvalue weighted by atomic mass is 32.1. The Morgan fingerprint density at radius 2 is 2.08 bits per heavy atom. The highest BCUT2D eigenvalue weighted by Crippen LogP contribution is 2.32. The van der Waals surface area contributed by atoms with E-state index in [1.807, 2.05) is 36.6 Å². The number of aromatic nitrogens is 2. The summed E-state index contributed by atoms with van der Waals surface area (Å²) in [6, 6.07) is 8.07. The second kappa shape index (κ2) is 8.12. The standard InChI is InChI=1S/C20H25N3O2S/c1-4-9-23(10-14(3)24)11-17-21-19(25)18-16(12-26-20(18)22-17)15-8-6-5-7-13(15)2/h5-8,12,14,24H,4,9-11H2,1-3H3,(H,21,22,25). The number of aryl methyl sites for hydroxylation is 1. The lowest BCUT2D eigenvalue weighted by atomic mass is 10.0. The fraction of sp³-hybridized carbons (Fsp3) is 0.400. The number of thiophene rings is 1. The molecule has 0 spiro atoms. The minimum Gasteiger partial charge on any atom is -0.392 e. The van der Waals surface area contributed by atoms with Crippen LogP contribution in [-0.2, 0) is 6.54 Å². The average Bonchev–Trinajstić information content (AvgIpc) is 2.99. The maximum absolute atomic E-state index is 12.8. The highest BCUT2D eigenvalue weighted by Gasteiger charge is 2.16. The lowest BCUT2D eigenvalue weighted by Crippen LogP contribution is -2.32. The molecule has 3 rings (SSSR count). The van der Waals surface area contributed by atoms with Crippen molar-refractivity contribution < 1.29 is 5.11 Å². The third kappa shape index (κ3) is 4.03. The molecule has 0 bridgehead atoms. The predicted octanol–water partition coefficient (Wildman–Crippen LogP) is 3.55. The Hall–Kier alpha value is -2.02. The van der Waals surface area contributed by atoms with E-state index in [2.05, 4.69) is 21.8 Å². The first-order valence-corrected chi connectivity index (χ1v) is 9.84. The van der Waals surface area contributed by atoms with Gasteiger partial charge in [-0.2, -0.15) is 0 Å². The van der Waals surface area contributed by atoms with Crippen LogP contribution >= 0.6 is 11.3 Å². The van der Waals surface area contributed by atoms with Crippen LogP contribution in [0.1, 0.15) is 31.7 Å². The van der Waals surface area contributed by atoms with Gasteiger partial charge in [0.2, 0.25) is 0 Å². The van der Waals surface area contributed by atoms with Crippen molar-refractivity contribution in [3.63, 3.8) is 0 Å². The minimum atomic E-state index is -0.411. The molecule has 0 aliphatic carbocycles. The zero-order valence-electron chi connectivity index (χ0n) is 15.5. The number of hydrogen-bond acceptors (Lipinski definition) is 5. The largest absolute Gasteiger partial charge is 0.392 e. The first kappa shape index (κ1) is 18.8. The maximum Gasteiger partial charge on any atom is 0.260 e. The third-order valence-electron chi connectivity index (χ3n) is 4.36. The second-order valence-electron chi connectivity index (χ2n) is 6.74. The Morgan fingerprint density at radius 3 is 2.77 bits per heavy atom. The van der Waals surface area contributed by atoms with Gasteiger partial charge in [0, 0.05) is 17.5 Å². The topological polar surface area (TPSA) is 69.2 Å². The molecule has 0 aliphatic rings. The summed E-state index contributed by atoms with van der Waals surface area (Å²) < 4.78 is 0. The van der Waals surface area contributed by atoms with Crippen LogP contribution in [0.25, 0.3) is 21.3 Å². The quantitative estimate of drug-likeness (QED) is 0.666. The Balaban J connectivity index is 1.97. The van der Waals surface area contributed by atoms with Crippen molar-refractivity contribution in [3.8, 4) is 11.1 Å².